The van der Waals surface area contributed by atoms with Crippen molar-refractivity contribution >= 4 is 24.9 Å². The van der Waals surface area contributed by atoms with Crippen molar-refractivity contribution in [2.75, 3.05) is 18.0 Å². The molecule has 1 atom stereocenters. The Labute approximate surface area is 135 Å². The molecule has 1 saturated heterocycles. The van der Waals surface area contributed by atoms with Gasteiger partial charge in [0.2, 0.25) is 0 Å². The third kappa shape index (κ3) is 3.28. The number of aryl methyl sites for hydroxylation is 2. The van der Waals surface area contributed by atoms with Gasteiger partial charge in [-0.1, -0.05) is 32.3 Å². The highest BCUT2D eigenvalue weighted by Gasteiger charge is 2.16. The summed E-state index contributed by atoms with van der Waals surface area (Å²) in [7, 11) is 0.502. The molecule has 0 amide bonds. The molecule has 1 N–H and O–H groups in total. The van der Waals surface area contributed by atoms with Gasteiger partial charge >= 0.3 is 0 Å². The van der Waals surface area contributed by atoms with Crippen LogP contribution < -0.4 is 15.5 Å². The zero-order valence-corrected chi connectivity index (χ0v) is 14.4. The van der Waals surface area contributed by atoms with E-state index >= 15 is 0 Å². The number of rotatable bonds is 3. The maximum Gasteiger partial charge on any atom is 0.123 e. The molecule has 1 aliphatic heterocycles. The predicted molar refractivity (Wildman–Crippen MR) is 97.7 cm³/mol. The SMILES string of the molecule is Cc1ccc(O)c(Pc2c(C)cccc2N2CCCCC2)c1. The predicted octanol–water partition coefficient (Wildman–Crippen LogP) is 3.63. The number of benzene rings is 2. The summed E-state index contributed by atoms with van der Waals surface area (Å²) in [4.78, 5) is 2.52. The van der Waals surface area contributed by atoms with Crippen LogP contribution in [-0.4, -0.2) is 18.2 Å². The van der Waals surface area contributed by atoms with Gasteiger partial charge in [0.05, 0.1) is 0 Å². The maximum absolute atomic E-state index is 10.2. The number of piperidine rings is 1. The molecule has 0 saturated carbocycles. The maximum atomic E-state index is 10.2. The number of phenols is 1. The highest BCUT2D eigenvalue weighted by molar-refractivity contribution is 7.56. The highest BCUT2D eigenvalue weighted by atomic mass is 31.1. The van der Waals surface area contributed by atoms with Crippen molar-refractivity contribution < 1.29 is 5.11 Å². The summed E-state index contributed by atoms with van der Waals surface area (Å²) in [6.45, 7) is 6.57. The van der Waals surface area contributed by atoms with Gasteiger partial charge in [0.25, 0.3) is 0 Å². The molecular formula is C19H24NOP. The first kappa shape index (κ1) is 15.4. The molecule has 3 rings (SSSR count). The third-order valence-electron chi connectivity index (χ3n) is 4.36. The molecule has 2 nitrogen and oxygen atoms in total. The normalized spacial score (nSPS) is 15.6. The van der Waals surface area contributed by atoms with Gasteiger partial charge in [-0.25, -0.2) is 0 Å². The summed E-state index contributed by atoms with van der Waals surface area (Å²) in [5, 5.41) is 12.6. The van der Waals surface area contributed by atoms with Crippen LogP contribution in [0.1, 0.15) is 30.4 Å². The van der Waals surface area contributed by atoms with Gasteiger partial charge in [0, 0.05) is 29.4 Å². The van der Waals surface area contributed by atoms with E-state index in [2.05, 4.69) is 43.0 Å². The lowest BCUT2D eigenvalue weighted by Crippen LogP contribution is -2.33. The first-order valence-electron chi connectivity index (χ1n) is 8.06. The van der Waals surface area contributed by atoms with E-state index < -0.39 is 0 Å². The standard InChI is InChI=1S/C19H24NOP/c1-14-9-10-17(21)18(13-14)22-19-15(2)7-6-8-16(19)20-11-4-3-5-12-20/h6-10,13,21-22H,3-5,11-12H2,1-2H3. The molecule has 116 valence electrons. The number of phenolic OH excluding ortho intramolecular Hbond substituents is 1. The van der Waals surface area contributed by atoms with Crippen molar-refractivity contribution in [3.63, 3.8) is 0 Å². The average Bonchev–Trinajstić information content (AvgIpc) is 2.53. The van der Waals surface area contributed by atoms with Gasteiger partial charge in [0.1, 0.15) is 5.75 Å². The van der Waals surface area contributed by atoms with Crippen LogP contribution in [0.15, 0.2) is 36.4 Å². The van der Waals surface area contributed by atoms with E-state index in [0.29, 0.717) is 14.3 Å². The van der Waals surface area contributed by atoms with Crippen LogP contribution in [0.3, 0.4) is 0 Å². The first-order valence-corrected chi connectivity index (χ1v) is 9.06. The summed E-state index contributed by atoms with van der Waals surface area (Å²) in [6, 6.07) is 12.5. The zero-order chi connectivity index (χ0) is 15.5. The molecule has 2 aromatic carbocycles. The topological polar surface area (TPSA) is 23.5 Å². The molecule has 2 aromatic rings. The Kier molecular flexibility index (Phi) is 4.69. The van der Waals surface area contributed by atoms with Crippen LogP contribution in [0.2, 0.25) is 0 Å². The Bertz CT molecular complexity index is 662. The van der Waals surface area contributed by atoms with Crippen LogP contribution in [0.5, 0.6) is 5.75 Å². The van der Waals surface area contributed by atoms with Gasteiger partial charge in [-0.2, -0.15) is 0 Å². The Morgan fingerprint density at radius 1 is 1.00 bits per heavy atom. The summed E-state index contributed by atoms with van der Waals surface area (Å²) >= 11 is 0. The minimum Gasteiger partial charge on any atom is -0.507 e. The molecule has 0 aliphatic carbocycles. The molecule has 1 fully saturated rings. The first-order chi connectivity index (χ1) is 10.6. The minimum atomic E-state index is 0.414. The van der Waals surface area contributed by atoms with Crippen LogP contribution >= 0.6 is 8.58 Å². The monoisotopic (exact) mass is 313 g/mol. The number of aromatic hydroxyl groups is 1. The lowest BCUT2D eigenvalue weighted by atomic mass is 10.1. The average molecular weight is 313 g/mol. The van der Waals surface area contributed by atoms with Crippen LogP contribution in [0.25, 0.3) is 0 Å². The fourth-order valence-electron chi connectivity index (χ4n) is 3.10. The molecule has 0 spiro atoms. The van der Waals surface area contributed by atoms with Crippen molar-refractivity contribution in [1.82, 2.24) is 0 Å². The lowest BCUT2D eigenvalue weighted by molar-refractivity contribution is 0.479. The smallest absolute Gasteiger partial charge is 0.123 e. The summed E-state index contributed by atoms with van der Waals surface area (Å²) < 4.78 is 0. The molecule has 1 heterocycles. The van der Waals surface area contributed by atoms with Gasteiger partial charge in [-0.3, -0.25) is 0 Å². The van der Waals surface area contributed by atoms with Crippen LogP contribution in [-0.2, 0) is 0 Å². The van der Waals surface area contributed by atoms with Gasteiger partial charge in [-0.15, -0.1) is 0 Å². The molecule has 0 radical (unpaired) electrons. The second-order valence-corrected chi connectivity index (χ2v) is 7.45. The fraction of sp³-hybridized carbons (Fsp3) is 0.368. The number of anilines is 1. The zero-order valence-electron chi connectivity index (χ0n) is 13.4. The quantitative estimate of drug-likeness (QED) is 0.875. The molecule has 0 aromatic heterocycles. The summed E-state index contributed by atoms with van der Waals surface area (Å²) in [5.74, 6) is 0.414. The summed E-state index contributed by atoms with van der Waals surface area (Å²) in [5.41, 5.74) is 3.88. The van der Waals surface area contributed by atoms with Crippen LogP contribution in [0, 0.1) is 13.8 Å². The van der Waals surface area contributed by atoms with E-state index in [-0.39, 0.29) is 0 Å². The fourth-order valence-corrected chi connectivity index (χ4v) is 4.53. The van der Waals surface area contributed by atoms with Crippen molar-refractivity contribution in [2.45, 2.75) is 33.1 Å². The van der Waals surface area contributed by atoms with Gasteiger partial charge in [-0.05, 0) is 56.9 Å². The van der Waals surface area contributed by atoms with E-state index in [9.17, 15) is 5.11 Å². The van der Waals surface area contributed by atoms with Gasteiger partial charge in [0.15, 0.2) is 0 Å². The largest absolute Gasteiger partial charge is 0.507 e. The molecule has 22 heavy (non-hydrogen) atoms. The van der Waals surface area contributed by atoms with Crippen molar-refractivity contribution in [3.05, 3.63) is 47.5 Å². The lowest BCUT2D eigenvalue weighted by Gasteiger charge is -2.31. The second kappa shape index (κ2) is 6.71. The van der Waals surface area contributed by atoms with E-state index in [1.807, 2.05) is 12.1 Å². The van der Waals surface area contributed by atoms with Gasteiger partial charge < -0.3 is 10.0 Å². The highest BCUT2D eigenvalue weighted by Crippen LogP contribution is 2.28. The van der Waals surface area contributed by atoms with E-state index in [0.717, 1.165) is 18.4 Å². The number of hydrogen-bond acceptors (Lipinski definition) is 2. The third-order valence-corrected chi connectivity index (χ3v) is 5.93. The number of nitrogens with zero attached hydrogens (tertiary/aromatic N) is 1. The van der Waals surface area contributed by atoms with E-state index in [1.54, 1.807) is 0 Å². The van der Waals surface area contributed by atoms with Crippen molar-refractivity contribution in [1.29, 1.82) is 0 Å². The van der Waals surface area contributed by atoms with E-state index in [4.69, 9.17) is 0 Å². The Balaban J connectivity index is 1.97. The molecule has 1 aliphatic rings. The summed E-state index contributed by atoms with van der Waals surface area (Å²) in [6.07, 6.45) is 3.91. The van der Waals surface area contributed by atoms with Crippen molar-refractivity contribution in [2.24, 2.45) is 0 Å². The van der Waals surface area contributed by atoms with Crippen molar-refractivity contribution in [3.8, 4) is 5.75 Å². The minimum absolute atomic E-state index is 0.414. The van der Waals surface area contributed by atoms with Crippen LogP contribution in [0.4, 0.5) is 5.69 Å². The molecular weight excluding hydrogens is 289 g/mol. The second-order valence-electron chi connectivity index (χ2n) is 6.16. The molecule has 3 heteroatoms. The molecule has 0 bridgehead atoms. The van der Waals surface area contributed by atoms with E-state index in [1.165, 1.54) is 41.4 Å². The Morgan fingerprint density at radius 2 is 1.77 bits per heavy atom. The molecule has 1 unspecified atom stereocenters. The number of hydrogen-bond donors (Lipinski definition) is 1. The Hall–Kier alpha value is -1.53. The Morgan fingerprint density at radius 3 is 2.55 bits per heavy atom.